The van der Waals surface area contributed by atoms with Crippen LogP contribution < -0.4 is 5.32 Å². The van der Waals surface area contributed by atoms with Gasteiger partial charge in [-0.3, -0.25) is 0 Å². The Labute approximate surface area is 159 Å². The quantitative estimate of drug-likeness (QED) is 0.629. The van der Waals surface area contributed by atoms with Crippen LogP contribution in [0.5, 0.6) is 0 Å². The fourth-order valence-corrected chi connectivity index (χ4v) is 4.61. The molecule has 7 heteroatoms. The van der Waals surface area contributed by atoms with Gasteiger partial charge in [-0.05, 0) is 59.0 Å². The van der Waals surface area contributed by atoms with Crippen molar-refractivity contribution in [3.8, 4) is 0 Å². The first kappa shape index (κ1) is 16.9. The summed E-state index contributed by atoms with van der Waals surface area (Å²) in [6.07, 6.45) is 3.88. The number of rotatable bonds is 4. The van der Waals surface area contributed by atoms with Gasteiger partial charge in [0, 0.05) is 18.6 Å². The lowest BCUT2D eigenvalue weighted by molar-refractivity contribution is 0.0801. The lowest BCUT2D eigenvalue weighted by Gasteiger charge is -2.22. The van der Waals surface area contributed by atoms with Gasteiger partial charge in [-0.25, -0.2) is 4.52 Å². The van der Waals surface area contributed by atoms with E-state index < -0.39 is 0 Å². The molecule has 132 valence electrons. The van der Waals surface area contributed by atoms with Crippen LogP contribution >= 0.6 is 27.5 Å². The predicted molar refractivity (Wildman–Crippen MR) is 101 cm³/mol. The standard InChI is InChI=1S/C18H19BrClN3O2/c1-11-16(12-4-2-6-24-10-12)18(19)23-17(11)14(8-15(20)22-23)21-9-13-5-3-7-25-13/h3,5,7-8,12,21H,2,4,6,9-10H2,1H3. The number of hydrogen-bond donors (Lipinski definition) is 1. The number of anilines is 1. The normalized spacial score (nSPS) is 18.0. The number of nitrogens with one attached hydrogen (secondary N) is 1. The molecule has 1 aliphatic heterocycles. The minimum atomic E-state index is 0.376. The lowest BCUT2D eigenvalue weighted by Crippen LogP contribution is -2.16. The Bertz CT molecular complexity index is 886. The van der Waals surface area contributed by atoms with E-state index in [4.69, 9.17) is 20.8 Å². The molecule has 1 N–H and O–H groups in total. The van der Waals surface area contributed by atoms with Crippen molar-refractivity contribution < 1.29 is 9.15 Å². The second-order valence-electron chi connectivity index (χ2n) is 6.32. The van der Waals surface area contributed by atoms with Gasteiger partial charge in [-0.1, -0.05) is 11.6 Å². The van der Waals surface area contributed by atoms with Crippen LogP contribution in [-0.4, -0.2) is 22.8 Å². The van der Waals surface area contributed by atoms with Gasteiger partial charge in [-0.15, -0.1) is 0 Å². The molecule has 25 heavy (non-hydrogen) atoms. The van der Waals surface area contributed by atoms with Gasteiger partial charge >= 0.3 is 0 Å². The second-order valence-corrected chi connectivity index (χ2v) is 7.46. The highest BCUT2D eigenvalue weighted by atomic mass is 79.9. The third kappa shape index (κ3) is 3.18. The zero-order valence-electron chi connectivity index (χ0n) is 13.9. The van der Waals surface area contributed by atoms with E-state index in [0.29, 0.717) is 17.6 Å². The van der Waals surface area contributed by atoms with Crippen molar-refractivity contribution >= 4 is 38.7 Å². The van der Waals surface area contributed by atoms with E-state index in [1.54, 1.807) is 6.26 Å². The highest BCUT2D eigenvalue weighted by Gasteiger charge is 2.26. The van der Waals surface area contributed by atoms with Crippen molar-refractivity contribution in [3.63, 3.8) is 0 Å². The minimum absolute atomic E-state index is 0.376. The Morgan fingerprint density at radius 3 is 3.08 bits per heavy atom. The lowest BCUT2D eigenvalue weighted by atomic mass is 9.93. The van der Waals surface area contributed by atoms with Crippen molar-refractivity contribution in [2.45, 2.75) is 32.2 Å². The van der Waals surface area contributed by atoms with Crippen LogP contribution in [0.15, 0.2) is 33.5 Å². The Hall–Kier alpha value is -1.50. The summed E-state index contributed by atoms with van der Waals surface area (Å²) in [5.41, 5.74) is 4.44. The summed E-state index contributed by atoms with van der Waals surface area (Å²) in [6, 6.07) is 5.69. The Balaban J connectivity index is 1.77. The molecule has 0 aliphatic carbocycles. The number of halogens is 2. The van der Waals surface area contributed by atoms with Crippen molar-refractivity contribution in [3.05, 3.63) is 51.1 Å². The molecule has 4 rings (SSSR count). The van der Waals surface area contributed by atoms with E-state index in [-0.39, 0.29) is 0 Å². The maximum absolute atomic E-state index is 6.26. The number of fused-ring (bicyclic) bond motifs is 1. The molecule has 0 saturated carbocycles. The average molecular weight is 425 g/mol. The number of aryl methyl sites for hydroxylation is 1. The smallest absolute Gasteiger partial charge is 0.152 e. The zero-order chi connectivity index (χ0) is 17.4. The maximum atomic E-state index is 6.26. The average Bonchev–Trinajstić information content (AvgIpc) is 3.21. The van der Waals surface area contributed by atoms with Gasteiger partial charge in [0.2, 0.25) is 0 Å². The molecule has 1 fully saturated rings. The fourth-order valence-electron chi connectivity index (χ4n) is 3.55. The highest BCUT2D eigenvalue weighted by Crippen LogP contribution is 2.39. The van der Waals surface area contributed by atoms with E-state index in [9.17, 15) is 0 Å². The molecule has 1 atom stereocenters. The molecule has 0 bridgehead atoms. The van der Waals surface area contributed by atoms with Gasteiger partial charge in [0.05, 0.1) is 30.6 Å². The monoisotopic (exact) mass is 423 g/mol. The first-order chi connectivity index (χ1) is 12.1. The third-order valence-corrected chi connectivity index (χ3v) is 5.64. The van der Waals surface area contributed by atoms with Gasteiger partial charge in [0.15, 0.2) is 5.15 Å². The second kappa shape index (κ2) is 7.02. The van der Waals surface area contributed by atoms with Gasteiger partial charge in [0.25, 0.3) is 0 Å². The predicted octanol–water partition coefficient (Wildman–Crippen LogP) is 5.16. The summed E-state index contributed by atoms with van der Waals surface area (Å²) in [7, 11) is 0. The molecule has 1 saturated heterocycles. The molecular weight excluding hydrogens is 406 g/mol. The summed E-state index contributed by atoms with van der Waals surface area (Å²) in [5, 5.41) is 8.35. The molecule has 4 heterocycles. The van der Waals surface area contributed by atoms with Crippen LogP contribution in [0.25, 0.3) is 5.52 Å². The van der Waals surface area contributed by atoms with Crippen LogP contribution in [0.2, 0.25) is 5.15 Å². The first-order valence-electron chi connectivity index (χ1n) is 8.36. The summed E-state index contributed by atoms with van der Waals surface area (Å²) >= 11 is 10.00. The first-order valence-corrected chi connectivity index (χ1v) is 9.53. The van der Waals surface area contributed by atoms with Crippen molar-refractivity contribution in [2.75, 3.05) is 18.5 Å². The maximum Gasteiger partial charge on any atom is 0.152 e. The molecule has 5 nitrogen and oxygen atoms in total. The largest absolute Gasteiger partial charge is 0.467 e. The molecule has 3 aromatic rings. The molecule has 0 spiro atoms. The Kier molecular flexibility index (Phi) is 4.75. The van der Waals surface area contributed by atoms with Crippen molar-refractivity contribution in [1.82, 2.24) is 9.61 Å². The van der Waals surface area contributed by atoms with Crippen molar-refractivity contribution in [1.29, 1.82) is 0 Å². The Morgan fingerprint density at radius 2 is 2.36 bits per heavy atom. The van der Waals surface area contributed by atoms with Crippen LogP contribution in [0.4, 0.5) is 5.69 Å². The third-order valence-electron chi connectivity index (χ3n) is 4.70. The molecule has 0 radical (unpaired) electrons. The summed E-state index contributed by atoms with van der Waals surface area (Å²) < 4.78 is 13.9. The number of furan rings is 1. The number of ether oxygens (including phenoxy) is 1. The summed E-state index contributed by atoms with van der Waals surface area (Å²) in [4.78, 5) is 0. The molecule has 1 aliphatic rings. The Morgan fingerprint density at radius 1 is 1.48 bits per heavy atom. The molecule has 1 unspecified atom stereocenters. The van der Waals surface area contributed by atoms with E-state index in [1.807, 2.05) is 22.7 Å². The van der Waals surface area contributed by atoms with Gasteiger partial charge in [-0.2, -0.15) is 5.10 Å². The summed E-state index contributed by atoms with van der Waals surface area (Å²) in [5.74, 6) is 1.25. The van der Waals surface area contributed by atoms with E-state index in [1.165, 1.54) is 11.1 Å². The minimum Gasteiger partial charge on any atom is -0.467 e. The molecule has 0 amide bonds. The molecular formula is C18H19BrClN3O2. The van der Waals surface area contributed by atoms with E-state index in [2.05, 4.69) is 33.3 Å². The topological polar surface area (TPSA) is 51.7 Å². The zero-order valence-corrected chi connectivity index (χ0v) is 16.2. The van der Waals surface area contributed by atoms with Gasteiger partial charge in [0.1, 0.15) is 10.4 Å². The van der Waals surface area contributed by atoms with Crippen LogP contribution in [0.3, 0.4) is 0 Å². The SMILES string of the molecule is Cc1c(C2CCCOC2)c(Br)n2nc(Cl)cc(NCc3ccco3)c12. The van der Waals surface area contributed by atoms with Crippen LogP contribution in [-0.2, 0) is 11.3 Å². The number of nitrogens with zero attached hydrogens (tertiary/aromatic N) is 2. The van der Waals surface area contributed by atoms with E-state index in [0.717, 1.165) is 47.6 Å². The molecule has 3 aromatic heterocycles. The van der Waals surface area contributed by atoms with Gasteiger partial charge < -0.3 is 14.5 Å². The van der Waals surface area contributed by atoms with Crippen LogP contribution in [0, 0.1) is 6.92 Å². The summed E-state index contributed by atoms with van der Waals surface area (Å²) in [6.45, 7) is 4.32. The van der Waals surface area contributed by atoms with Crippen LogP contribution in [0.1, 0.15) is 35.6 Å². The fraction of sp³-hybridized carbons (Fsp3) is 0.389. The highest BCUT2D eigenvalue weighted by molar-refractivity contribution is 9.10. The number of hydrogen-bond acceptors (Lipinski definition) is 4. The number of aromatic nitrogens is 2. The van der Waals surface area contributed by atoms with E-state index >= 15 is 0 Å². The van der Waals surface area contributed by atoms with Crippen molar-refractivity contribution in [2.24, 2.45) is 0 Å². The molecule has 0 aromatic carbocycles.